The maximum absolute atomic E-state index is 11.6. The van der Waals surface area contributed by atoms with Gasteiger partial charge in [-0.3, -0.25) is 15.4 Å². The van der Waals surface area contributed by atoms with Crippen LogP contribution in [-0.2, 0) is 0 Å². The second-order valence-corrected chi connectivity index (χ2v) is 3.57. The van der Waals surface area contributed by atoms with E-state index in [1.165, 1.54) is 6.07 Å². The van der Waals surface area contributed by atoms with Crippen molar-refractivity contribution in [3.8, 4) is 0 Å². The van der Waals surface area contributed by atoms with E-state index in [4.69, 9.17) is 17.3 Å². The lowest BCUT2D eigenvalue weighted by molar-refractivity contribution is 0.0977. The van der Waals surface area contributed by atoms with Crippen molar-refractivity contribution >= 4 is 40.9 Å². The lowest BCUT2D eigenvalue weighted by Crippen LogP contribution is -2.44. The van der Waals surface area contributed by atoms with E-state index in [0.717, 1.165) is 0 Å². The summed E-state index contributed by atoms with van der Waals surface area (Å²) in [5.41, 5.74) is 5.08. The number of amides is 3. The molecule has 1 aromatic rings. The summed E-state index contributed by atoms with van der Waals surface area (Å²) in [6.07, 6.45) is 0. The van der Waals surface area contributed by atoms with Gasteiger partial charge < -0.3 is 5.73 Å². The molecule has 0 aliphatic carbocycles. The summed E-state index contributed by atoms with van der Waals surface area (Å²) in [5.74, 6) is -0.510. The third-order valence-corrected chi connectivity index (χ3v) is 2.12. The van der Waals surface area contributed by atoms with Gasteiger partial charge in [0.2, 0.25) is 0 Å². The minimum atomic E-state index is -0.843. The quantitative estimate of drug-likeness (QED) is 0.657. The highest BCUT2D eigenvalue weighted by Crippen LogP contribution is 2.14. The van der Waals surface area contributed by atoms with Crippen LogP contribution >= 0.6 is 23.8 Å². The van der Waals surface area contributed by atoms with E-state index in [9.17, 15) is 9.59 Å². The summed E-state index contributed by atoms with van der Waals surface area (Å²) in [4.78, 5) is 22.0. The summed E-state index contributed by atoms with van der Waals surface area (Å²) in [6, 6.07) is 5.61. The van der Waals surface area contributed by atoms with Gasteiger partial charge >= 0.3 is 6.03 Å². The molecule has 0 bridgehead atoms. The zero-order valence-electron chi connectivity index (χ0n) is 7.99. The molecule has 0 fully saturated rings. The number of hydrogen-bond donors (Lipinski definition) is 3. The summed E-state index contributed by atoms with van der Waals surface area (Å²) in [7, 11) is 0. The first-order valence-electron chi connectivity index (χ1n) is 4.17. The normalized spacial score (nSPS) is 9.31. The number of primary amides is 1. The summed E-state index contributed by atoms with van der Waals surface area (Å²) >= 11 is 10.5. The van der Waals surface area contributed by atoms with Crippen molar-refractivity contribution in [1.29, 1.82) is 0 Å². The fraction of sp³-hybridized carbons (Fsp3) is 0. The third-order valence-electron chi connectivity index (χ3n) is 1.58. The molecule has 0 aliphatic heterocycles. The Morgan fingerprint density at radius 3 is 2.44 bits per heavy atom. The highest BCUT2D eigenvalue weighted by molar-refractivity contribution is 7.80. The molecular weight excluding hydrogens is 250 g/mol. The number of nitrogens with one attached hydrogen (secondary N) is 2. The molecule has 0 unspecified atom stereocenters. The van der Waals surface area contributed by atoms with Crippen molar-refractivity contribution in [2.24, 2.45) is 5.73 Å². The van der Waals surface area contributed by atoms with Gasteiger partial charge in [-0.2, -0.15) is 0 Å². The number of hydrogen-bond acceptors (Lipinski definition) is 3. The number of carbonyl (C=O) groups excluding carboxylic acids is 2. The first kappa shape index (κ1) is 12.4. The SMILES string of the molecule is NC(=O)NC(=S)NC(=O)c1ccccc1Cl. The summed E-state index contributed by atoms with van der Waals surface area (Å²) in [6.45, 7) is 0. The Morgan fingerprint density at radius 1 is 1.25 bits per heavy atom. The maximum atomic E-state index is 11.6. The lowest BCUT2D eigenvalue weighted by atomic mass is 10.2. The molecule has 7 heteroatoms. The fourth-order valence-electron chi connectivity index (χ4n) is 0.959. The maximum Gasteiger partial charge on any atom is 0.318 e. The van der Waals surface area contributed by atoms with Gasteiger partial charge in [-0.25, -0.2) is 4.79 Å². The van der Waals surface area contributed by atoms with Crippen LogP contribution in [0.5, 0.6) is 0 Å². The number of urea groups is 1. The first-order valence-corrected chi connectivity index (χ1v) is 4.95. The average molecular weight is 258 g/mol. The van der Waals surface area contributed by atoms with Crippen LogP contribution in [0.15, 0.2) is 24.3 Å². The van der Waals surface area contributed by atoms with Gasteiger partial charge in [0, 0.05) is 0 Å². The van der Waals surface area contributed by atoms with Crippen LogP contribution in [0.3, 0.4) is 0 Å². The number of halogens is 1. The zero-order chi connectivity index (χ0) is 12.1. The largest absolute Gasteiger partial charge is 0.351 e. The van der Waals surface area contributed by atoms with Crippen molar-refractivity contribution in [2.45, 2.75) is 0 Å². The second-order valence-electron chi connectivity index (χ2n) is 2.75. The van der Waals surface area contributed by atoms with E-state index in [1.54, 1.807) is 18.2 Å². The van der Waals surface area contributed by atoms with Crippen molar-refractivity contribution < 1.29 is 9.59 Å². The monoisotopic (exact) mass is 257 g/mol. The molecule has 16 heavy (non-hydrogen) atoms. The third kappa shape index (κ3) is 3.48. The predicted molar refractivity (Wildman–Crippen MR) is 64.2 cm³/mol. The Kier molecular flexibility index (Phi) is 4.21. The highest BCUT2D eigenvalue weighted by atomic mass is 35.5. The van der Waals surface area contributed by atoms with Gasteiger partial charge in [0.15, 0.2) is 5.11 Å². The second kappa shape index (κ2) is 5.43. The van der Waals surface area contributed by atoms with E-state index in [0.29, 0.717) is 5.02 Å². The smallest absolute Gasteiger partial charge is 0.318 e. The molecule has 3 amide bonds. The van der Waals surface area contributed by atoms with Crippen LogP contribution in [0, 0.1) is 0 Å². The van der Waals surface area contributed by atoms with Crippen molar-refractivity contribution in [1.82, 2.24) is 10.6 Å². The molecular formula is C9H8ClN3O2S. The molecule has 1 rings (SSSR count). The van der Waals surface area contributed by atoms with Crippen molar-refractivity contribution in [2.75, 3.05) is 0 Å². The lowest BCUT2D eigenvalue weighted by Gasteiger charge is -2.07. The van der Waals surface area contributed by atoms with Crippen molar-refractivity contribution in [3.05, 3.63) is 34.9 Å². The Balaban J connectivity index is 2.70. The highest BCUT2D eigenvalue weighted by Gasteiger charge is 2.11. The summed E-state index contributed by atoms with van der Waals surface area (Å²) < 4.78 is 0. The fourth-order valence-corrected chi connectivity index (χ4v) is 1.37. The summed E-state index contributed by atoms with van der Waals surface area (Å²) in [5, 5.41) is 4.45. The minimum absolute atomic E-state index is 0.169. The van der Waals surface area contributed by atoms with Gasteiger partial charge in [-0.1, -0.05) is 23.7 Å². The van der Waals surface area contributed by atoms with Gasteiger partial charge in [-0.15, -0.1) is 0 Å². The molecule has 0 aromatic heterocycles. The molecule has 0 saturated carbocycles. The molecule has 0 spiro atoms. The van der Waals surface area contributed by atoms with Crippen LogP contribution in [0.2, 0.25) is 5.02 Å². The van der Waals surface area contributed by atoms with E-state index < -0.39 is 11.9 Å². The Bertz CT molecular complexity index is 450. The van der Waals surface area contributed by atoms with E-state index in [1.807, 2.05) is 0 Å². The predicted octanol–water partition coefficient (Wildman–Crippen LogP) is 1.02. The zero-order valence-corrected chi connectivity index (χ0v) is 9.56. The van der Waals surface area contributed by atoms with Crippen LogP contribution in [-0.4, -0.2) is 17.1 Å². The Hall–Kier alpha value is -1.66. The number of benzene rings is 1. The van der Waals surface area contributed by atoms with Crippen LogP contribution < -0.4 is 16.4 Å². The standard InChI is InChI=1S/C9H8ClN3O2S/c10-6-4-2-1-3-5(6)7(14)12-9(16)13-8(11)15/h1-4H,(H4,11,12,13,14,15,16). The molecule has 4 N–H and O–H groups in total. The Morgan fingerprint density at radius 2 is 1.88 bits per heavy atom. The molecule has 0 heterocycles. The number of carbonyl (C=O) groups is 2. The van der Waals surface area contributed by atoms with E-state index >= 15 is 0 Å². The molecule has 84 valence electrons. The minimum Gasteiger partial charge on any atom is -0.351 e. The molecule has 5 nitrogen and oxygen atoms in total. The van der Waals surface area contributed by atoms with Gasteiger partial charge in [-0.05, 0) is 24.4 Å². The first-order chi connectivity index (χ1) is 7.50. The van der Waals surface area contributed by atoms with Gasteiger partial charge in [0.1, 0.15) is 0 Å². The van der Waals surface area contributed by atoms with Crippen LogP contribution in [0.25, 0.3) is 0 Å². The molecule has 0 saturated heterocycles. The average Bonchev–Trinajstić information content (AvgIpc) is 2.16. The molecule has 0 atom stereocenters. The number of rotatable bonds is 1. The van der Waals surface area contributed by atoms with E-state index in [-0.39, 0.29) is 10.7 Å². The van der Waals surface area contributed by atoms with Crippen molar-refractivity contribution in [3.63, 3.8) is 0 Å². The number of nitrogens with two attached hydrogens (primary N) is 1. The van der Waals surface area contributed by atoms with E-state index in [2.05, 4.69) is 22.9 Å². The van der Waals surface area contributed by atoms with Gasteiger partial charge in [0.05, 0.1) is 10.6 Å². The molecule has 1 aromatic carbocycles. The van der Waals surface area contributed by atoms with Gasteiger partial charge in [0.25, 0.3) is 5.91 Å². The Labute approximate surface area is 102 Å². The van der Waals surface area contributed by atoms with Crippen LogP contribution in [0.4, 0.5) is 4.79 Å². The number of thiocarbonyl (C=S) groups is 1. The molecule has 0 aliphatic rings. The van der Waals surface area contributed by atoms with Crippen LogP contribution in [0.1, 0.15) is 10.4 Å². The topological polar surface area (TPSA) is 84.2 Å². The molecule has 0 radical (unpaired) electrons.